The molecule has 5 nitrogen and oxygen atoms in total. The van der Waals surface area contributed by atoms with Crippen LogP contribution in [0.25, 0.3) is 0 Å². The first-order chi connectivity index (χ1) is 13.0. The van der Waals surface area contributed by atoms with Gasteiger partial charge in [0.2, 0.25) is 0 Å². The Bertz CT molecular complexity index is 485. The lowest BCUT2D eigenvalue weighted by molar-refractivity contribution is -0.158. The van der Waals surface area contributed by atoms with Crippen LogP contribution in [0.15, 0.2) is 12.2 Å². The zero-order chi connectivity index (χ0) is 19.6. The highest BCUT2D eigenvalue weighted by Crippen LogP contribution is 2.32. The largest absolute Gasteiger partial charge is 0.462 e. The van der Waals surface area contributed by atoms with E-state index in [2.05, 4.69) is 13.5 Å². The molecule has 0 atom stereocenters. The van der Waals surface area contributed by atoms with E-state index in [0.717, 1.165) is 44.4 Å². The van der Waals surface area contributed by atoms with Gasteiger partial charge in [-0.15, -0.1) is 0 Å². The fourth-order valence-corrected chi connectivity index (χ4v) is 4.14. The van der Waals surface area contributed by atoms with Gasteiger partial charge < -0.3 is 14.2 Å². The number of hydrogen-bond donors (Lipinski definition) is 0. The smallest absolute Gasteiger partial charge is 0.333 e. The van der Waals surface area contributed by atoms with Crippen molar-refractivity contribution in [1.82, 2.24) is 0 Å². The van der Waals surface area contributed by atoms with Crippen LogP contribution < -0.4 is 0 Å². The van der Waals surface area contributed by atoms with Gasteiger partial charge in [0.15, 0.2) is 0 Å². The number of rotatable bonds is 9. The van der Waals surface area contributed by atoms with Crippen molar-refractivity contribution in [3.8, 4) is 0 Å². The van der Waals surface area contributed by atoms with Crippen LogP contribution in [-0.2, 0) is 23.8 Å². The molecule has 0 unspecified atom stereocenters. The summed E-state index contributed by atoms with van der Waals surface area (Å²) in [5.74, 6) is 0.447. The molecule has 0 spiro atoms. The second kappa shape index (κ2) is 11.5. The summed E-state index contributed by atoms with van der Waals surface area (Å²) in [5.41, 5.74) is 0.396. The van der Waals surface area contributed by atoms with Crippen LogP contribution in [0.2, 0.25) is 0 Å². The summed E-state index contributed by atoms with van der Waals surface area (Å²) in [6.07, 6.45) is 10.6. The normalized spacial score (nSPS) is 28.4. The molecule has 27 heavy (non-hydrogen) atoms. The molecule has 0 bridgehead atoms. The first kappa shape index (κ1) is 21.9. The third-order valence-corrected chi connectivity index (χ3v) is 5.80. The Morgan fingerprint density at radius 3 is 2.15 bits per heavy atom. The van der Waals surface area contributed by atoms with Crippen LogP contribution >= 0.6 is 0 Å². The van der Waals surface area contributed by atoms with Crippen molar-refractivity contribution >= 4 is 11.9 Å². The maximum absolute atomic E-state index is 12.5. The van der Waals surface area contributed by atoms with E-state index < -0.39 is 0 Å². The summed E-state index contributed by atoms with van der Waals surface area (Å²) in [4.78, 5) is 23.7. The fourth-order valence-electron chi connectivity index (χ4n) is 4.14. The van der Waals surface area contributed by atoms with Crippen molar-refractivity contribution < 1.29 is 23.8 Å². The van der Waals surface area contributed by atoms with Gasteiger partial charge >= 0.3 is 11.9 Å². The molecule has 0 saturated heterocycles. The van der Waals surface area contributed by atoms with Gasteiger partial charge in [0.1, 0.15) is 12.7 Å². The Hall–Kier alpha value is -1.36. The Kier molecular flexibility index (Phi) is 9.32. The first-order valence-electron chi connectivity index (χ1n) is 10.6. The van der Waals surface area contributed by atoms with Crippen LogP contribution in [0, 0.1) is 11.8 Å². The molecule has 0 aromatic carbocycles. The van der Waals surface area contributed by atoms with Crippen molar-refractivity contribution in [2.75, 3.05) is 13.2 Å². The summed E-state index contributed by atoms with van der Waals surface area (Å²) >= 11 is 0. The van der Waals surface area contributed by atoms with Gasteiger partial charge in [0.05, 0.1) is 18.6 Å². The van der Waals surface area contributed by atoms with E-state index in [9.17, 15) is 9.59 Å². The highest BCUT2D eigenvalue weighted by Gasteiger charge is 2.30. The van der Waals surface area contributed by atoms with Gasteiger partial charge in [-0.3, -0.25) is 4.79 Å². The highest BCUT2D eigenvalue weighted by atomic mass is 16.6. The number of hydrogen-bond acceptors (Lipinski definition) is 5. The Morgan fingerprint density at radius 2 is 1.56 bits per heavy atom. The molecule has 5 heteroatoms. The average Bonchev–Trinajstić information content (AvgIpc) is 2.67. The van der Waals surface area contributed by atoms with Crippen LogP contribution in [0.1, 0.15) is 78.1 Å². The molecule has 2 rings (SSSR count). The van der Waals surface area contributed by atoms with E-state index in [1.807, 2.05) is 0 Å². The van der Waals surface area contributed by atoms with E-state index in [-0.39, 0.29) is 36.7 Å². The summed E-state index contributed by atoms with van der Waals surface area (Å²) in [6, 6.07) is 0. The van der Waals surface area contributed by atoms with E-state index in [1.54, 1.807) is 6.92 Å². The molecular formula is C22H36O5. The molecule has 0 N–H and O–H groups in total. The maximum Gasteiger partial charge on any atom is 0.333 e. The predicted molar refractivity (Wildman–Crippen MR) is 104 cm³/mol. The third kappa shape index (κ3) is 7.65. The monoisotopic (exact) mass is 380 g/mol. The Balaban J connectivity index is 1.58. The van der Waals surface area contributed by atoms with Crippen LogP contribution in [-0.4, -0.2) is 37.4 Å². The summed E-state index contributed by atoms with van der Waals surface area (Å²) in [6.45, 7) is 8.04. The second-order valence-electron chi connectivity index (χ2n) is 8.13. The van der Waals surface area contributed by atoms with Crippen LogP contribution in [0.5, 0.6) is 0 Å². The van der Waals surface area contributed by atoms with Gasteiger partial charge in [0, 0.05) is 5.57 Å². The molecule has 2 saturated carbocycles. The molecular weight excluding hydrogens is 344 g/mol. The molecule has 0 heterocycles. The molecule has 0 aromatic rings. The second-order valence-corrected chi connectivity index (χ2v) is 8.13. The first-order valence-corrected chi connectivity index (χ1v) is 10.6. The Labute approximate surface area is 163 Å². The zero-order valence-electron chi connectivity index (χ0n) is 17.0. The number of ether oxygens (including phenoxy) is 3. The summed E-state index contributed by atoms with van der Waals surface area (Å²) in [5, 5.41) is 0. The minimum Gasteiger partial charge on any atom is -0.462 e. The molecule has 0 radical (unpaired) electrons. The average molecular weight is 381 g/mol. The standard InChI is InChI=1S/C22H36O5/c1-4-5-17-6-10-20(11-7-17)27-22(24)18-8-12-19(13-9-18)25-14-15-26-21(23)16(2)3/h17-20H,2,4-15H2,1,3H3/t17-,18-,19-,20-. The van der Waals surface area contributed by atoms with Gasteiger partial charge in [-0.25, -0.2) is 4.79 Å². The van der Waals surface area contributed by atoms with Gasteiger partial charge in [0.25, 0.3) is 0 Å². The minimum absolute atomic E-state index is 0.0113. The topological polar surface area (TPSA) is 61.8 Å². The molecule has 0 aliphatic heterocycles. The van der Waals surface area contributed by atoms with Gasteiger partial charge in [-0.1, -0.05) is 26.3 Å². The van der Waals surface area contributed by atoms with Crippen molar-refractivity contribution in [2.45, 2.75) is 90.3 Å². The van der Waals surface area contributed by atoms with E-state index in [4.69, 9.17) is 14.2 Å². The summed E-state index contributed by atoms with van der Waals surface area (Å²) < 4.78 is 16.6. The number of carbonyl (C=O) groups is 2. The fraction of sp³-hybridized carbons (Fsp3) is 0.818. The molecule has 2 aliphatic carbocycles. The van der Waals surface area contributed by atoms with Crippen LogP contribution in [0.4, 0.5) is 0 Å². The lowest BCUT2D eigenvalue weighted by atomic mass is 9.84. The zero-order valence-corrected chi connectivity index (χ0v) is 17.0. The number of carbonyl (C=O) groups excluding carboxylic acids is 2. The van der Waals surface area contributed by atoms with Crippen molar-refractivity contribution in [1.29, 1.82) is 0 Å². The van der Waals surface area contributed by atoms with Crippen molar-refractivity contribution in [3.63, 3.8) is 0 Å². The molecule has 0 amide bonds. The van der Waals surface area contributed by atoms with E-state index in [1.165, 1.54) is 25.7 Å². The van der Waals surface area contributed by atoms with E-state index in [0.29, 0.717) is 12.2 Å². The lowest BCUT2D eigenvalue weighted by Gasteiger charge is -2.31. The van der Waals surface area contributed by atoms with Crippen molar-refractivity contribution in [3.05, 3.63) is 12.2 Å². The molecule has 154 valence electrons. The maximum atomic E-state index is 12.5. The number of esters is 2. The molecule has 0 aromatic heterocycles. The SMILES string of the molecule is C=C(C)C(=O)OCCO[C@H]1CC[C@H](C(=O)O[C@H]2CC[C@H](CCC)CC2)CC1. The molecule has 2 aliphatic rings. The van der Waals surface area contributed by atoms with Crippen LogP contribution in [0.3, 0.4) is 0 Å². The lowest BCUT2D eigenvalue weighted by Crippen LogP contribution is -2.32. The van der Waals surface area contributed by atoms with E-state index >= 15 is 0 Å². The predicted octanol–water partition coefficient (Wildman–Crippen LogP) is 4.58. The Morgan fingerprint density at radius 1 is 0.926 bits per heavy atom. The van der Waals surface area contributed by atoms with Crippen molar-refractivity contribution in [2.24, 2.45) is 11.8 Å². The highest BCUT2D eigenvalue weighted by molar-refractivity contribution is 5.86. The third-order valence-electron chi connectivity index (χ3n) is 5.80. The quantitative estimate of drug-likeness (QED) is 0.333. The van der Waals surface area contributed by atoms with Gasteiger partial charge in [-0.2, -0.15) is 0 Å². The molecule has 2 fully saturated rings. The van der Waals surface area contributed by atoms with Gasteiger partial charge in [-0.05, 0) is 64.2 Å². The minimum atomic E-state index is -0.381. The summed E-state index contributed by atoms with van der Waals surface area (Å²) in [7, 11) is 0.